The Bertz CT molecular complexity index is 331. The number of carbonyl (C=O) groups excluding carboxylic acids is 2. The smallest absolute Gasteiger partial charge is 0.223 e. The first kappa shape index (κ1) is 8.23. The molecule has 1 unspecified atom stereocenters. The minimum Gasteiger partial charge on any atom is -0.343 e. The van der Waals surface area contributed by atoms with Crippen LogP contribution in [0.2, 0.25) is 0 Å². The summed E-state index contributed by atoms with van der Waals surface area (Å²) in [5, 5.41) is 2.83. The minimum atomic E-state index is -0.320. The van der Waals surface area contributed by atoms with Gasteiger partial charge in [-0.3, -0.25) is 9.59 Å². The van der Waals surface area contributed by atoms with Gasteiger partial charge >= 0.3 is 0 Å². The van der Waals surface area contributed by atoms with Gasteiger partial charge in [-0.25, -0.2) is 0 Å². The molecule has 1 heterocycles. The molecule has 1 atom stereocenters. The van der Waals surface area contributed by atoms with Gasteiger partial charge in [0, 0.05) is 0 Å². The third-order valence-corrected chi connectivity index (χ3v) is 2.60. The van der Waals surface area contributed by atoms with Crippen LogP contribution in [-0.2, 0) is 9.59 Å². The van der Waals surface area contributed by atoms with E-state index >= 15 is 0 Å². The van der Waals surface area contributed by atoms with Crippen LogP contribution in [0, 0.1) is 0 Å². The molecule has 1 spiro atoms. The number of ketones is 1. The molecule has 0 aromatic heterocycles. The van der Waals surface area contributed by atoms with E-state index < -0.39 is 0 Å². The first-order chi connectivity index (χ1) is 6.16. The Morgan fingerprint density at radius 3 is 2.77 bits per heavy atom. The molecule has 0 bridgehead atoms. The number of hydrogen-bond donors (Lipinski definition) is 1. The lowest BCUT2D eigenvalue weighted by Gasteiger charge is -2.42. The second-order valence-electron chi connectivity index (χ2n) is 3.46. The van der Waals surface area contributed by atoms with Crippen molar-refractivity contribution in [2.24, 2.45) is 0 Å². The molecule has 0 aromatic carbocycles. The fraction of sp³-hybridized carbons (Fsp3) is 0.400. The first-order valence-electron chi connectivity index (χ1n) is 4.41. The summed E-state index contributed by atoms with van der Waals surface area (Å²) in [6.07, 6.45) is 6.24. The fourth-order valence-corrected chi connectivity index (χ4v) is 1.88. The Morgan fingerprint density at radius 1 is 1.54 bits per heavy atom. The van der Waals surface area contributed by atoms with Gasteiger partial charge in [-0.15, -0.1) is 0 Å². The first-order valence-corrected chi connectivity index (χ1v) is 4.41. The number of amides is 1. The Kier molecular flexibility index (Phi) is 1.62. The highest BCUT2D eigenvalue weighted by Crippen LogP contribution is 2.34. The highest BCUT2D eigenvalue weighted by molar-refractivity contribution is 6.03. The number of nitrogens with one attached hydrogen (secondary N) is 1. The standard InChI is InChI=1S/C10H11NO2/c1-2-7-5-8(12)3-4-10(7)6-9(13)11-10/h3-5H,2,6H2,1H3,(H,11,13). The van der Waals surface area contributed by atoms with E-state index in [4.69, 9.17) is 0 Å². The van der Waals surface area contributed by atoms with Crippen LogP contribution in [0.25, 0.3) is 0 Å². The summed E-state index contributed by atoms with van der Waals surface area (Å²) in [5.74, 6) is 0.0713. The van der Waals surface area contributed by atoms with Gasteiger partial charge in [-0.05, 0) is 24.1 Å². The lowest BCUT2D eigenvalue weighted by atomic mass is 9.75. The van der Waals surface area contributed by atoms with E-state index in [0.717, 1.165) is 12.0 Å². The zero-order valence-corrected chi connectivity index (χ0v) is 7.46. The Hall–Kier alpha value is -1.38. The quantitative estimate of drug-likeness (QED) is 0.600. The van der Waals surface area contributed by atoms with Gasteiger partial charge in [0.2, 0.25) is 5.91 Å². The van der Waals surface area contributed by atoms with Gasteiger partial charge in [-0.2, -0.15) is 0 Å². The summed E-state index contributed by atoms with van der Waals surface area (Å²) < 4.78 is 0. The Balaban J connectivity index is 2.30. The third kappa shape index (κ3) is 1.11. The van der Waals surface area contributed by atoms with Crippen molar-refractivity contribution in [2.45, 2.75) is 25.3 Å². The van der Waals surface area contributed by atoms with Crippen molar-refractivity contribution in [2.75, 3.05) is 0 Å². The van der Waals surface area contributed by atoms with Crippen LogP contribution in [0.15, 0.2) is 23.8 Å². The monoisotopic (exact) mass is 177 g/mol. The lowest BCUT2D eigenvalue weighted by Crippen LogP contribution is -2.61. The molecule has 1 amide bonds. The van der Waals surface area contributed by atoms with Crippen LogP contribution in [-0.4, -0.2) is 17.2 Å². The summed E-state index contributed by atoms with van der Waals surface area (Å²) in [4.78, 5) is 21.9. The van der Waals surface area contributed by atoms with Crippen molar-refractivity contribution in [3.63, 3.8) is 0 Å². The van der Waals surface area contributed by atoms with Crippen molar-refractivity contribution in [3.8, 4) is 0 Å². The van der Waals surface area contributed by atoms with Crippen LogP contribution >= 0.6 is 0 Å². The van der Waals surface area contributed by atoms with Crippen molar-refractivity contribution >= 4 is 11.7 Å². The molecule has 3 nitrogen and oxygen atoms in total. The van der Waals surface area contributed by atoms with Crippen LogP contribution in [0.3, 0.4) is 0 Å². The molecule has 1 fully saturated rings. The van der Waals surface area contributed by atoms with Gasteiger partial charge in [0.25, 0.3) is 0 Å². The highest BCUT2D eigenvalue weighted by atomic mass is 16.2. The Morgan fingerprint density at radius 2 is 2.23 bits per heavy atom. The van der Waals surface area contributed by atoms with Crippen molar-refractivity contribution < 1.29 is 9.59 Å². The predicted molar refractivity (Wildman–Crippen MR) is 48.0 cm³/mol. The SMILES string of the molecule is CCC1=CC(=O)C=CC12CC(=O)N2. The molecule has 0 aromatic rings. The van der Waals surface area contributed by atoms with Crippen LogP contribution in [0.5, 0.6) is 0 Å². The molecule has 2 rings (SSSR count). The number of hydrogen-bond acceptors (Lipinski definition) is 2. The largest absolute Gasteiger partial charge is 0.343 e. The molecule has 1 N–H and O–H groups in total. The van der Waals surface area contributed by atoms with Gasteiger partial charge in [-0.1, -0.05) is 13.0 Å². The van der Waals surface area contributed by atoms with Crippen LogP contribution in [0.4, 0.5) is 0 Å². The summed E-state index contributed by atoms with van der Waals surface area (Å²) in [5.41, 5.74) is 0.694. The van der Waals surface area contributed by atoms with E-state index in [1.165, 1.54) is 6.08 Å². The van der Waals surface area contributed by atoms with Gasteiger partial charge in [0.05, 0.1) is 12.0 Å². The molecule has 2 aliphatic rings. The fourth-order valence-electron chi connectivity index (χ4n) is 1.88. The normalized spacial score (nSPS) is 31.3. The summed E-state index contributed by atoms with van der Waals surface area (Å²) in [6.45, 7) is 1.99. The van der Waals surface area contributed by atoms with Gasteiger partial charge in [0.15, 0.2) is 5.78 Å². The van der Waals surface area contributed by atoms with E-state index in [9.17, 15) is 9.59 Å². The molecule has 68 valence electrons. The van der Waals surface area contributed by atoms with Gasteiger partial charge < -0.3 is 5.32 Å². The molecule has 3 heteroatoms. The maximum absolute atomic E-state index is 11.1. The molecule has 1 aliphatic carbocycles. The molecular weight excluding hydrogens is 166 g/mol. The van der Waals surface area contributed by atoms with E-state index in [2.05, 4.69) is 5.32 Å². The molecule has 13 heavy (non-hydrogen) atoms. The zero-order chi connectivity index (χ0) is 9.47. The number of rotatable bonds is 1. The molecule has 0 radical (unpaired) electrons. The average molecular weight is 177 g/mol. The van der Waals surface area contributed by atoms with E-state index in [1.807, 2.05) is 6.92 Å². The van der Waals surface area contributed by atoms with Crippen molar-refractivity contribution in [3.05, 3.63) is 23.8 Å². The summed E-state index contributed by atoms with van der Waals surface area (Å²) >= 11 is 0. The summed E-state index contributed by atoms with van der Waals surface area (Å²) in [6, 6.07) is 0. The topological polar surface area (TPSA) is 46.2 Å². The minimum absolute atomic E-state index is 0.0172. The highest BCUT2D eigenvalue weighted by Gasteiger charge is 2.44. The molecular formula is C10H11NO2. The van der Waals surface area contributed by atoms with Gasteiger partial charge in [0.1, 0.15) is 0 Å². The van der Waals surface area contributed by atoms with Crippen molar-refractivity contribution in [1.29, 1.82) is 0 Å². The molecule has 1 aliphatic heterocycles. The van der Waals surface area contributed by atoms with Crippen LogP contribution < -0.4 is 5.32 Å². The average Bonchev–Trinajstić information content (AvgIpc) is 2.06. The second-order valence-corrected chi connectivity index (χ2v) is 3.46. The number of allylic oxidation sites excluding steroid dienone is 2. The predicted octanol–water partition coefficient (Wildman–Crippen LogP) is 0.720. The molecule has 0 saturated carbocycles. The number of carbonyl (C=O) groups is 2. The maximum atomic E-state index is 11.1. The lowest BCUT2D eigenvalue weighted by molar-refractivity contribution is -0.130. The Labute approximate surface area is 76.5 Å². The maximum Gasteiger partial charge on any atom is 0.223 e. The third-order valence-electron chi connectivity index (χ3n) is 2.60. The molecule has 1 saturated heterocycles. The van der Waals surface area contributed by atoms with Crippen LogP contribution in [0.1, 0.15) is 19.8 Å². The van der Waals surface area contributed by atoms with E-state index in [-0.39, 0.29) is 17.2 Å². The zero-order valence-electron chi connectivity index (χ0n) is 7.46. The summed E-state index contributed by atoms with van der Waals surface area (Å²) in [7, 11) is 0. The van der Waals surface area contributed by atoms with E-state index in [0.29, 0.717) is 6.42 Å². The second kappa shape index (κ2) is 2.55. The van der Waals surface area contributed by atoms with E-state index in [1.54, 1.807) is 12.2 Å². The van der Waals surface area contributed by atoms with Crippen molar-refractivity contribution in [1.82, 2.24) is 5.32 Å². The number of β-lactam (4-membered cyclic amide) rings is 1.